The molecular formula is C13H16F2N2O3. The number of amides is 2. The number of hydrogen-bond donors (Lipinski definition) is 2. The number of benzene rings is 1. The second kappa shape index (κ2) is 6.83. The number of halogens is 2. The Bertz CT molecular complexity index is 508. The van der Waals surface area contributed by atoms with E-state index in [9.17, 15) is 18.4 Å². The van der Waals surface area contributed by atoms with Crippen LogP contribution in [-0.2, 0) is 4.79 Å². The van der Waals surface area contributed by atoms with Gasteiger partial charge >= 0.3 is 12.0 Å². The summed E-state index contributed by atoms with van der Waals surface area (Å²) in [5.74, 6) is -2.45. The number of carboxylic acid groups (broad SMARTS) is 1. The zero-order valence-corrected chi connectivity index (χ0v) is 11.2. The van der Waals surface area contributed by atoms with Gasteiger partial charge in [-0.1, -0.05) is 6.07 Å². The number of rotatable bonds is 5. The Balaban J connectivity index is 2.63. The van der Waals surface area contributed by atoms with E-state index in [1.165, 1.54) is 18.0 Å². The van der Waals surface area contributed by atoms with Gasteiger partial charge in [-0.2, -0.15) is 0 Å². The van der Waals surface area contributed by atoms with E-state index < -0.39 is 29.7 Å². The van der Waals surface area contributed by atoms with Crippen LogP contribution in [0, 0.1) is 11.6 Å². The third-order valence-electron chi connectivity index (χ3n) is 2.78. The highest BCUT2D eigenvalue weighted by Crippen LogP contribution is 2.17. The van der Waals surface area contributed by atoms with Crippen LogP contribution in [0.4, 0.5) is 13.6 Å². The Morgan fingerprint density at radius 2 is 2.05 bits per heavy atom. The molecule has 1 aromatic rings. The van der Waals surface area contributed by atoms with E-state index >= 15 is 0 Å². The molecule has 0 unspecified atom stereocenters. The van der Waals surface area contributed by atoms with Crippen molar-refractivity contribution in [2.45, 2.75) is 19.4 Å². The highest BCUT2D eigenvalue weighted by atomic mass is 19.1. The number of hydrogen-bond acceptors (Lipinski definition) is 2. The SMILES string of the molecule is C[C@H](NC(=O)N(C)CCC(=O)O)c1ccc(F)cc1F. The van der Waals surface area contributed by atoms with Crippen LogP contribution in [0.1, 0.15) is 24.9 Å². The summed E-state index contributed by atoms with van der Waals surface area (Å²) < 4.78 is 26.3. The fraction of sp³-hybridized carbons (Fsp3) is 0.385. The predicted molar refractivity (Wildman–Crippen MR) is 68.2 cm³/mol. The van der Waals surface area contributed by atoms with Gasteiger partial charge in [-0.05, 0) is 13.0 Å². The van der Waals surface area contributed by atoms with E-state index in [4.69, 9.17) is 5.11 Å². The number of carbonyl (C=O) groups excluding carboxylic acids is 1. The Kier molecular flexibility index (Phi) is 5.42. The van der Waals surface area contributed by atoms with Crippen molar-refractivity contribution in [2.24, 2.45) is 0 Å². The van der Waals surface area contributed by atoms with Gasteiger partial charge in [0.15, 0.2) is 0 Å². The summed E-state index contributed by atoms with van der Waals surface area (Å²) >= 11 is 0. The summed E-state index contributed by atoms with van der Waals surface area (Å²) in [5.41, 5.74) is 0.159. The molecule has 0 aliphatic heterocycles. The van der Waals surface area contributed by atoms with Gasteiger partial charge < -0.3 is 15.3 Å². The molecule has 0 saturated carbocycles. The van der Waals surface area contributed by atoms with Gasteiger partial charge in [-0.25, -0.2) is 13.6 Å². The topological polar surface area (TPSA) is 69.6 Å². The van der Waals surface area contributed by atoms with Gasteiger partial charge in [-0.15, -0.1) is 0 Å². The molecule has 110 valence electrons. The molecule has 1 rings (SSSR count). The average Bonchev–Trinajstić information content (AvgIpc) is 2.35. The maximum Gasteiger partial charge on any atom is 0.317 e. The number of nitrogens with zero attached hydrogens (tertiary/aromatic N) is 1. The van der Waals surface area contributed by atoms with Crippen LogP contribution in [0.15, 0.2) is 18.2 Å². The normalized spacial score (nSPS) is 11.8. The van der Waals surface area contributed by atoms with Crippen LogP contribution in [0.25, 0.3) is 0 Å². The zero-order chi connectivity index (χ0) is 15.3. The quantitative estimate of drug-likeness (QED) is 0.871. The number of urea groups is 1. The molecule has 2 N–H and O–H groups in total. The molecule has 20 heavy (non-hydrogen) atoms. The van der Waals surface area contributed by atoms with Crippen molar-refractivity contribution in [1.29, 1.82) is 0 Å². The van der Waals surface area contributed by atoms with E-state index in [0.717, 1.165) is 12.1 Å². The first kappa shape index (κ1) is 15.9. The first-order chi connectivity index (χ1) is 9.31. The minimum atomic E-state index is -1.01. The minimum Gasteiger partial charge on any atom is -0.481 e. The highest BCUT2D eigenvalue weighted by molar-refractivity contribution is 5.75. The van der Waals surface area contributed by atoms with Crippen LogP contribution in [0.3, 0.4) is 0 Å². The molecule has 7 heteroatoms. The van der Waals surface area contributed by atoms with Gasteiger partial charge in [0.25, 0.3) is 0 Å². The van der Waals surface area contributed by atoms with Crippen LogP contribution < -0.4 is 5.32 Å². The van der Waals surface area contributed by atoms with E-state index in [0.29, 0.717) is 0 Å². The summed E-state index contributed by atoms with van der Waals surface area (Å²) in [6, 6.07) is 1.92. The molecule has 0 heterocycles. The molecule has 0 aromatic heterocycles. The van der Waals surface area contributed by atoms with E-state index in [1.54, 1.807) is 6.92 Å². The van der Waals surface area contributed by atoms with Gasteiger partial charge in [0.2, 0.25) is 0 Å². The summed E-state index contributed by atoms with van der Waals surface area (Å²) in [5, 5.41) is 11.0. The van der Waals surface area contributed by atoms with Crippen molar-refractivity contribution in [1.82, 2.24) is 10.2 Å². The lowest BCUT2D eigenvalue weighted by molar-refractivity contribution is -0.137. The molecular weight excluding hydrogens is 270 g/mol. The summed E-state index contributed by atoms with van der Waals surface area (Å²) in [6.07, 6.45) is -0.177. The third kappa shape index (κ3) is 4.49. The lowest BCUT2D eigenvalue weighted by Gasteiger charge is -2.21. The predicted octanol–water partition coefficient (Wildman–Crippen LogP) is 2.14. The maximum absolute atomic E-state index is 13.5. The molecule has 2 amide bonds. The molecule has 1 aromatic carbocycles. The van der Waals surface area contributed by atoms with Gasteiger partial charge in [0, 0.05) is 25.2 Å². The molecule has 5 nitrogen and oxygen atoms in total. The molecule has 1 atom stereocenters. The summed E-state index contributed by atoms with van der Waals surface area (Å²) in [7, 11) is 1.44. The maximum atomic E-state index is 13.5. The fourth-order valence-electron chi connectivity index (χ4n) is 1.59. The van der Waals surface area contributed by atoms with Crippen LogP contribution >= 0.6 is 0 Å². The fourth-order valence-corrected chi connectivity index (χ4v) is 1.59. The lowest BCUT2D eigenvalue weighted by Crippen LogP contribution is -2.39. The number of nitrogens with one attached hydrogen (secondary N) is 1. The van der Waals surface area contributed by atoms with Crippen molar-refractivity contribution >= 4 is 12.0 Å². The molecule has 0 saturated heterocycles. The second-order valence-corrected chi connectivity index (χ2v) is 4.40. The molecule has 0 bridgehead atoms. The van der Waals surface area contributed by atoms with Crippen molar-refractivity contribution < 1.29 is 23.5 Å². The first-order valence-corrected chi connectivity index (χ1v) is 5.99. The number of aliphatic carboxylic acids is 1. The smallest absolute Gasteiger partial charge is 0.317 e. The van der Waals surface area contributed by atoms with Crippen molar-refractivity contribution in [3.8, 4) is 0 Å². The Labute approximate surface area is 115 Å². The lowest BCUT2D eigenvalue weighted by atomic mass is 10.1. The third-order valence-corrected chi connectivity index (χ3v) is 2.78. The molecule has 0 radical (unpaired) electrons. The van der Waals surface area contributed by atoms with Crippen molar-refractivity contribution in [2.75, 3.05) is 13.6 Å². The minimum absolute atomic E-state index is 0.0415. The number of carboxylic acids is 1. The largest absolute Gasteiger partial charge is 0.481 e. The zero-order valence-electron chi connectivity index (χ0n) is 11.2. The van der Waals surface area contributed by atoms with E-state index in [2.05, 4.69) is 5.32 Å². The van der Waals surface area contributed by atoms with Gasteiger partial charge in [-0.3, -0.25) is 4.79 Å². The van der Waals surface area contributed by atoms with E-state index in [1.807, 2.05) is 0 Å². The van der Waals surface area contributed by atoms with Crippen LogP contribution in [-0.4, -0.2) is 35.6 Å². The first-order valence-electron chi connectivity index (χ1n) is 5.99. The Hall–Kier alpha value is -2.18. The molecule has 0 spiro atoms. The highest BCUT2D eigenvalue weighted by Gasteiger charge is 2.17. The molecule has 0 fully saturated rings. The standard InChI is InChI=1S/C13H16F2N2O3/c1-8(10-4-3-9(14)7-11(10)15)16-13(20)17(2)6-5-12(18)19/h3-4,7-8H,5-6H2,1-2H3,(H,16,20)(H,18,19)/t8-/m0/s1. The van der Waals surface area contributed by atoms with Crippen molar-refractivity contribution in [3.63, 3.8) is 0 Å². The van der Waals surface area contributed by atoms with Gasteiger partial charge in [0.05, 0.1) is 12.5 Å². The Morgan fingerprint density at radius 3 is 2.60 bits per heavy atom. The van der Waals surface area contributed by atoms with E-state index in [-0.39, 0.29) is 18.5 Å². The Morgan fingerprint density at radius 1 is 1.40 bits per heavy atom. The van der Waals surface area contributed by atoms with Crippen LogP contribution in [0.2, 0.25) is 0 Å². The monoisotopic (exact) mass is 286 g/mol. The second-order valence-electron chi connectivity index (χ2n) is 4.40. The summed E-state index contributed by atoms with van der Waals surface area (Å²) in [6.45, 7) is 1.60. The summed E-state index contributed by atoms with van der Waals surface area (Å²) in [4.78, 5) is 23.3. The van der Waals surface area contributed by atoms with Gasteiger partial charge in [0.1, 0.15) is 11.6 Å². The number of carbonyl (C=O) groups is 2. The van der Waals surface area contributed by atoms with Crippen molar-refractivity contribution in [3.05, 3.63) is 35.4 Å². The average molecular weight is 286 g/mol. The molecule has 0 aliphatic rings. The van der Waals surface area contributed by atoms with Crippen LogP contribution in [0.5, 0.6) is 0 Å². The molecule has 0 aliphatic carbocycles.